The molecule has 0 saturated heterocycles. The van der Waals surface area contributed by atoms with Gasteiger partial charge in [-0.15, -0.1) is 0 Å². The summed E-state index contributed by atoms with van der Waals surface area (Å²) in [5, 5.41) is 3.54. The lowest BCUT2D eigenvalue weighted by Crippen LogP contribution is -2.17. The van der Waals surface area contributed by atoms with Crippen LogP contribution in [0.4, 0.5) is 0 Å². The second kappa shape index (κ2) is 7.39. The fraction of sp³-hybridized carbons (Fsp3) is 0.625. The minimum absolute atomic E-state index is 0.712. The predicted molar refractivity (Wildman–Crippen MR) is 80.1 cm³/mol. The summed E-state index contributed by atoms with van der Waals surface area (Å²) < 4.78 is 16.1. The quantitative estimate of drug-likeness (QED) is 0.706. The van der Waals surface area contributed by atoms with E-state index in [2.05, 4.69) is 5.32 Å². The maximum absolute atomic E-state index is 5.44. The van der Waals surface area contributed by atoms with Gasteiger partial charge in [-0.25, -0.2) is 0 Å². The van der Waals surface area contributed by atoms with Gasteiger partial charge in [0.1, 0.15) is 5.75 Å². The van der Waals surface area contributed by atoms with Crippen molar-refractivity contribution in [3.63, 3.8) is 0 Å². The van der Waals surface area contributed by atoms with Gasteiger partial charge in [0.15, 0.2) is 11.5 Å². The molecule has 112 valence electrons. The van der Waals surface area contributed by atoms with E-state index in [4.69, 9.17) is 14.2 Å². The summed E-state index contributed by atoms with van der Waals surface area (Å²) in [6, 6.07) is 4.72. The fourth-order valence-electron chi connectivity index (χ4n) is 2.32. The molecule has 1 fully saturated rings. The van der Waals surface area contributed by atoms with Gasteiger partial charge in [-0.2, -0.15) is 0 Å². The molecule has 2 rings (SSSR count). The van der Waals surface area contributed by atoms with Gasteiger partial charge < -0.3 is 19.5 Å². The smallest absolute Gasteiger partial charge is 0.164 e. The number of rotatable bonds is 9. The van der Waals surface area contributed by atoms with Crippen molar-refractivity contribution in [2.45, 2.75) is 38.1 Å². The van der Waals surface area contributed by atoms with Crippen molar-refractivity contribution in [3.05, 3.63) is 17.7 Å². The van der Waals surface area contributed by atoms with E-state index in [1.165, 1.54) is 24.8 Å². The van der Waals surface area contributed by atoms with E-state index in [9.17, 15) is 0 Å². The molecule has 0 unspecified atom stereocenters. The maximum Gasteiger partial charge on any atom is 0.164 e. The summed E-state index contributed by atoms with van der Waals surface area (Å²) in [4.78, 5) is 0. The third kappa shape index (κ3) is 4.04. The van der Waals surface area contributed by atoms with E-state index in [1.54, 1.807) is 21.3 Å². The number of hydrogen-bond donors (Lipinski definition) is 1. The highest BCUT2D eigenvalue weighted by Gasteiger charge is 2.19. The van der Waals surface area contributed by atoms with Crippen LogP contribution >= 0.6 is 0 Å². The van der Waals surface area contributed by atoms with Crippen LogP contribution in [0.5, 0.6) is 17.2 Å². The first-order chi connectivity index (χ1) is 9.78. The molecular formula is C16H25NO3. The number of aryl methyl sites for hydroxylation is 1. The number of ether oxygens (including phenoxy) is 3. The summed E-state index contributed by atoms with van der Waals surface area (Å²) in [5.74, 6) is 2.35. The molecule has 1 aromatic rings. The first-order valence-electron chi connectivity index (χ1n) is 7.30. The molecule has 4 nitrogen and oxygen atoms in total. The molecule has 1 aliphatic rings. The van der Waals surface area contributed by atoms with Crippen LogP contribution < -0.4 is 19.5 Å². The van der Waals surface area contributed by atoms with Crippen LogP contribution in [0.1, 0.15) is 31.2 Å². The molecule has 1 N–H and O–H groups in total. The van der Waals surface area contributed by atoms with Crippen LogP contribution in [0, 0.1) is 0 Å². The standard InChI is InChI=1S/C16H25NO3/c1-18-14-11-16(20-3)15(19-2)10-12(14)6-4-5-9-17-13-7-8-13/h10-11,13,17H,4-9H2,1-3H3. The molecule has 0 aromatic heterocycles. The van der Waals surface area contributed by atoms with E-state index in [-0.39, 0.29) is 0 Å². The van der Waals surface area contributed by atoms with Crippen LogP contribution in [0.3, 0.4) is 0 Å². The molecule has 20 heavy (non-hydrogen) atoms. The van der Waals surface area contributed by atoms with Gasteiger partial charge in [0, 0.05) is 12.1 Å². The number of hydrogen-bond acceptors (Lipinski definition) is 4. The highest BCUT2D eigenvalue weighted by atomic mass is 16.5. The molecule has 4 heteroatoms. The number of unbranched alkanes of at least 4 members (excludes halogenated alkanes) is 1. The largest absolute Gasteiger partial charge is 0.496 e. The summed E-state index contributed by atoms with van der Waals surface area (Å²) in [6.07, 6.45) is 6.03. The molecule has 0 aliphatic heterocycles. The highest BCUT2D eigenvalue weighted by Crippen LogP contribution is 2.35. The zero-order chi connectivity index (χ0) is 14.4. The third-order valence-electron chi connectivity index (χ3n) is 3.67. The molecule has 0 radical (unpaired) electrons. The van der Waals surface area contributed by atoms with Crippen molar-refractivity contribution >= 4 is 0 Å². The lowest BCUT2D eigenvalue weighted by atomic mass is 10.1. The molecule has 1 aromatic carbocycles. The Morgan fingerprint density at radius 1 is 0.950 bits per heavy atom. The topological polar surface area (TPSA) is 39.7 Å². The van der Waals surface area contributed by atoms with Crippen molar-refractivity contribution in [1.29, 1.82) is 0 Å². The molecular weight excluding hydrogens is 254 g/mol. The Balaban J connectivity index is 1.90. The average molecular weight is 279 g/mol. The summed E-state index contributed by atoms with van der Waals surface area (Å²) in [5.41, 5.74) is 1.18. The zero-order valence-electron chi connectivity index (χ0n) is 12.7. The molecule has 0 amide bonds. The minimum atomic E-state index is 0.712. The first kappa shape index (κ1) is 15.0. The summed E-state index contributed by atoms with van der Waals surface area (Å²) in [6.45, 7) is 1.11. The van der Waals surface area contributed by atoms with Crippen molar-refractivity contribution < 1.29 is 14.2 Å². The van der Waals surface area contributed by atoms with Crippen molar-refractivity contribution in [2.24, 2.45) is 0 Å². The van der Waals surface area contributed by atoms with E-state index in [0.29, 0.717) is 5.75 Å². The van der Waals surface area contributed by atoms with Gasteiger partial charge >= 0.3 is 0 Å². The Bertz CT molecular complexity index is 430. The average Bonchev–Trinajstić information content (AvgIpc) is 3.30. The molecule has 1 saturated carbocycles. The second-order valence-corrected chi connectivity index (χ2v) is 5.20. The number of methoxy groups -OCH3 is 3. The summed E-state index contributed by atoms with van der Waals surface area (Å²) in [7, 11) is 4.99. The van der Waals surface area contributed by atoms with E-state index in [1.807, 2.05) is 12.1 Å². The van der Waals surface area contributed by atoms with Crippen molar-refractivity contribution in [1.82, 2.24) is 5.32 Å². The summed E-state index contributed by atoms with van der Waals surface area (Å²) >= 11 is 0. The van der Waals surface area contributed by atoms with Gasteiger partial charge in [-0.05, 0) is 50.3 Å². The second-order valence-electron chi connectivity index (χ2n) is 5.20. The number of nitrogens with one attached hydrogen (secondary N) is 1. The molecule has 0 atom stereocenters. The monoisotopic (exact) mass is 279 g/mol. The Morgan fingerprint density at radius 3 is 2.20 bits per heavy atom. The number of benzene rings is 1. The van der Waals surface area contributed by atoms with Gasteiger partial charge in [0.05, 0.1) is 21.3 Å². The zero-order valence-corrected chi connectivity index (χ0v) is 12.7. The van der Waals surface area contributed by atoms with Gasteiger partial charge in [0.25, 0.3) is 0 Å². The lowest BCUT2D eigenvalue weighted by Gasteiger charge is -2.14. The maximum atomic E-state index is 5.44. The minimum Gasteiger partial charge on any atom is -0.496 e. The Hall–Kier alpha value is -1.42. The molecule has 1 aliphatic carbocycles. The Kier molecular flexibility index (Phi) is 5.53. The fourth-order valence-corrected chi connectivity index (χ4v) is 2.32. The molecule has 0 heterocycles. The Labute approximate surface area is 121 Å². The van der Waals surface area contributed by atoms with Crippen LogP contribution in [-0.4, -0.2) is 33.9 Å². The van der Waals surface area contributed by atoms with Gasteiger partial charge in [-0.3, -0.25) is 0 Å². The van der Waals surface area contributed by atoms with Crippen molar-refractivity contribution in [3.8, 4) is 17.2 Å². The highest BCUT2D eigenvalue weighted by molar-refractivity contribution is 5.50. The SMILES string of the molecule is COc1cc(OC)c(OC)cc1CCCCNC1CC1. The van der Waals surface area contributed by atoms with Crippen LogP contribution in [-0.2, 0) is 6.42 Å². The first-order valence-corrected chi connectivity index (χ1v) is 7.30. The third-order valence-corrected chi connectivity index (χ3v) is 3.67. The van der Waals surface area contributed by atoms with E-state index in [0.717, 1.165) is 36.9 Å². The van der Waals surface area contributed by atoms with Gasteiger partial charge in [0.2, 0.25) is 0 Å². The Morgan fingerprint density at radius 2 is 1.60 bits per heavy atom. The van der Waals surface area contributed by atoms with Crippen LogP contribution in [0.15, 0.2) is 12.1 Å². The van der Waals surface area contributed by atoms with E-state index < -0.39 is 0 Å². The molecule has 0 spiro atoms. The van der Waals surface area contributed by atoms with Gasteiger partial charge in [-0.1, -0.05) is 0 Å². The normalized spacial score (nSPS) is 14.2. The van der Waals surface area contributed by atoms with E-state index >= 15 is 0 Å². The van der Waals surface area contributed by atoms with Crippen LogP contribution in [0.25, 0.3) is 0 Å². The molecule has 0 bridgehead atoms. The predicted octanol–water partition coefficient (Wildman–Crippen LogP) is 2.79. The van der Waals surface area contributed by atoms with Crippen molar-refractivity contribution in [2.75, 3.05) is 27.9 Å². The lowest BCUT2D eigenvalue weighted by molar-refractivity contribution is 0.347. The van der Waals surface area contributed by atoms with Crippen LogP contribution in [0.2, 0.25) is 0 Å².